The fraction of sp³-hybridized carbons (Fsp3) is 0.417. The van der Waals surface area contributed by atoms with Crippen molar-refractivity contribution in [1.29, 1.82) is 0 Å². The highest BCUT2D eigenvalue weighted by molar-refractivity contribution is 7.98. The highest BCUT2D eigenvalue weighted by Crippen LogP contribution is 2.25. The average Bonchev–Trinajstić information content (AvgIpc) is 2.14. The normalized spacial score (nSPS) is 10.3. The summed E-state index contributed by atoms with van der Waals surface area (Å²) in [5, 5.41) is 8.61. The van der Waals surface area contributed by atoms with Crippen molar-refractivity contribution >= 4 is 17.7 Å². The molecule has 0 spiro atoms. The van der Waals surface area contributed by atoms with Gasteiger partial charge < -0.3 is 5.11 Å². The molecule has 1 aromatic carbocycles. The van der Waals surface area contributed by atoms with E-state index in [2.05, 4.69) is 32.2 Å². The number of benzene rings is 1. The fourth-order valence-corrected chi connectivity index (χ4v) is 2.52. The van der Waals surface area contributed by atoms with Crippen LogP contribution in [0.25, 0.3) is 0 Å². The monoisotopic (exact) mass is 224 g/mol. The van der Waals surface area contributed by atoms with Crippen LogP contribution in [0, 0.1) is 13.8 Å². The molecule has 0 radical (unpaired) electrons. The van der Waals surface area contributed by atoms with E-state index in [0.29, 0.717) is 6.42 Å². The summed E-state index contributed by atoms with van der Waals surface area (Å²) in [7, 11) is 0. The zero-order chi connectivity index (χ0) is 11.4. The van der Waals surface area contributed by atoms with Crippen LogP contribution in [0.4, 0.5) is 0 Å². The van der Waals surface area contributed by atoms with Crippen LogP contribution in [-0.4, -0.2) is 17.3 Å². The van der Waals surface area contributed by atoms with E-state index < -0.39 is 5.97 Å². The minimum absolute atomic E-state index is 0.206. The Kier molecular flexibility index (Phi) is 4.21. The Bertz CT molecular complexity index is 349. The van der Waals surface area contributed by atoms with Crippen LogP contribution in [0.5, 0.6) is 0 Å². The number of rotatable bonds is 4. The number of hydrogen-bond acceptors (Lipinski definition) is 2. The number of aryl methyl sites for hydroxylation is 3. The maximum Gasteiger partial charge on any atom is 0.303 e. The zero-order valence-corrected chi connectivity index (χ0v) is 10.1. The van der Waals surface area contributed by atoms with Crippen molar-refractivity contribution in [2.45, 2.75) is 31.6 Å². The summed E-state index contributed by atoms with van der Waals surface area (Å²) < 4.78 is 0. The van der Waals surface area contributed by atoms with Gasteiger partial charge in [0, 0.05) is 11.3 Å². The molecule has 2 nitrogen and oxygen atoms in total. The number of carboxylic acids is 1. The van der Waals surface area contributed by atoms with Crippen molar-refractivity contribution < 1.29 is 9.90 Å². The Morgan fingerprint density at radius 2 is 1.87 bits per heavy atom. The first-order valence-corrected chi connectivity index (χ1v) is 6.13. The lowest BCUT2D eigenvalue weighted by Gasteiger charge is -2.09. The molecule has 0 aliphatic carbocycles. The minimum Gasteiger partial charge on any atom is -0.481 e. The van der Waals surface area contributed by atoms with Crippen molar-refractivity contribution in [2.75, 3.05) is 6.26 Å². The maximum atomic E-state index is 10.5. The lowest BCUT2D eigenvalue weighted by Crippen LogP contribution is -1.98. The number of hydrogen-bond donors (Lipinski definition) is 1. The van der Waals surface area contributed by atoms with Gasteiger partial charge in [-0.15, -0.1) is 11.8 Å². The Morgan fingerprint density at radius 3 is 2.27 bits per heavy atom. The summed E-state index contributed by atoms with van der Waals surface area (Å²) in [6, 6.07) is 4.17. The third kappa shape index (κ3) is 3.27. The maximum absolute atomic E-state index is 10.5. The molecule has 0 atom stereocenters. The van der Waals surface area contributed by atoms with Crippen molar-refractivity contribution in [3.63, 3.8) is 0 Å². The molecule has 0 heterocycles. The smallest absolute Gasteiger partial charge is 0.303 e. The summed E-state index contributed by atoms with van der Waals surface area (Å²) in [6.45, 7) is 4.15. The lowest BCUT2D eigenvalue weighted by molar-refractivity contribution is -0.136. The van der Waals surface area contributed by atoms with E-state index in [1.807, 2.05) is 0 Å². The molecule has 0 saturated heterocycles. The topological polar surface area (TPSA) is 37.3 Å². The predicted octanol–water partition coefficient (Wildman–Crippen LogP) is 3.04. The Labute approximate surface area is 94.7 Å². The number of carbonyl (C=O) groups is 1. The van der Waals surface area contributed by atoms with Gasteiger partial charge in [0.2, 0.25) is 0 Å². The molecule has 1 N–H and O–H groups in total. The Balaban J connectivity index is 2.88. The molecule has 1 aromatic rings. The van der Waals surface area contributed by atoms with Gasteiger partial charge in [-0.1, -0.05) is 12.1 Å². The molecule has 0 aliphatic rings. The zero-order valence-electron chi connectivity index (χ0n) is 9.33. The van der Waals surface area contributed by atoms with Gasteiger partial charge in [-0.2, -0.15) is 0 Å². The number of carboxylic acid groups (broad SMARTS) is 1. The van der Waals surface area contributed by atoms with Gasteiger partial charge in [0.15, 0.2) is 0 Å². The molecule has 0 fully saturated rings. The lowest BCUT2D eigenvalue weighted by atomic mass is 10.0. The average molecular weight is 224 g/mol. The number of aliphatic carboxylic acids is 1. The van der Waals surface area contributed by atoms with Gasteiger partial charge in [-0.3, -0.25) is 4.79 Å². The van der Waals surface area contributed by atoms with Crippen LogP contribution < -0.4 is 0 Å². The standard InChI is InChI=1S/C12H16O2S/c1-8-6-10(4-5-11(13)14)7-9(2)12(8)15-3/h6-7H,4-5H2,1-3H3,(H,13,14). The van der Waals surface area contributed by atoms with E-state index in [1.165, 1.54) is 16.0 Å². The SMILES string of the molecule is CSc1c(C)cc(CCC(=O)O)cc1C. The van der Waals surface area contributed by atoms with Gasteiger partial charge in [0.05, 0.1) is 0 Å². The molecule has 1 rings (SSSR count). The first-order valence-electron chi connectivity index (χ1n) is 4.90. The third-order valence-electron chi connectivity index (χ3n) is 2.35. The van der Waals surface area contributed by atoms with E-state index >= 15 is 0 Å². The van der Waals surface area contributed by atoms with Crippen molar-refractivity contribution in [2.24, 2.45) is 0 Å². The van der Waals surface area contributed by atoms with Gasteiger partial charge in [0.1, 0.15) is 0 Å². The van der Waals surface area contributed by atoms with E-state index in [9.17, 15) is 4.79 Å². The highest BCUT2D eigenvalue weighted by Gasteiger charge is 2.05. The van der Waals surface area contributed by atoms with Crippen molar-refractivity contribution in [1.82, 2.24) is 0 Å². The highest BCUT2D eigenvalue weighted by atomic mass is 32.2. The van der Waals surface area contributed by atoms with Crippen LogP contribution >= 0.6 is 11.8 Å². The van der Waals surface area contributed by atoms with Gasteiger partial charge in [-0.25, -0.2) is 0 Å². The van der Waals surface area contributed by atoms with E-state index in [1.54, 1.807) is 11.8 Å². The van der Waals surface area contributed by atoms with Crippen LogP contribution in [-0.2, 0) is 11.2 Å². The van der Waals surface area contributed by atoms with Crippen LogP contribution in [0.2, 0.25) is 0 Å². The Hall–Kier alpha value is -0.960. The number of thioether (sulfide) groups is 1. The third-order valence-corrected chi connectivity index (χ3v) is 3.40. The summed E-state index contributed by atoms with van der Waals surface area (Å²) in [5.41, 5.74) is 3.59. The largest absolute Gasteiger partial charge is 0.481 e. The molecule has 3 heteroatoms. The molecule has 0 aromatic heterocycles. The van der Waals surface area contributed by atoms with Gasteiger partial charge in [0.25, 0.3) is 0 Å². The first kappa shape index (κ1) is 12.1. The van der Waals surface area contributed by atoms with Crippen LogP contribution in [0.3, 0.4) is 0 Å². The molecule has 15 heavy (non-hydrogen) atoms. The second-order valence-electron chi connectivity index (χ2n) is 3.66. The summed E-state index contributed by atoms with van der Waals surface area (Å²) in [4.78, 5) is 11.8. The summed E-state index contributed by atoms with van der Waals surface area (Å²) in [6.07, 6.45) is 2.88. The van der Waals surface area contributed by atoms with Crippen molar-refractivity contribution in [3.8, 4) is 0 Å². The second kappa shape index (κ2) is 5.21. The first-order chi connectivity index (χ1) is 7.04. The van der Waals surface area contributed by atoms with Gasteiger partial charge >= 0.3 is 5.97 Å². The second-order valence-corrected chi connectivity index (χ2v) is 4.47. The quantitative estimate of drug-likeness (QED) is 0.799. The fourth-order valence-electron chi connectivity index (χ4n) is 1.76. The van der Waals surface area contributed by atoms with Crippen LogP contribution in [0.15, 0.2) is 17.0 Å². The summed E-state index contributed by atoms with van der Waals surface area (Å²) >= 11 is 1.74. The van der Waals surface area contributed by atoms with Gasteiger partial charge in [-0.05, 0) is 43.2 Å². The molecule has 82 valence electrons. The van der Waals surface area contributed by atoms with E-state index in [4.69, 9.17) is 5.11 Å². The van der Waals surface area contributed by atoms with Crippen molar-refractivity contribution in [3.05, 3.63) is 28.8 Å². The molecule has 0 saturated carbocycles. The van der Waals surface area contributed by atoms with E-state index in [0.717, 1.165) is 5.56 Å². The molecule has 0 aliphatic heterocycles. The molecule has 0 amide bonds. The molecular formula is C12H16O2S. The molecule has 0 bridgehead atoms. The van der Waals surface area contributed by atoms with E-state index in [-0.39, 0.29) is 6.42 Å². The Morgan fingerprint density at radius 1 is 1.33 bits per heavy atom. The summed E-state index contributed by atoms with van der Waals surface area (Å²) in [5.74, 6) is -0.737. The molecular weight excluding hydrogens is 208 g/mol. The van der Waals surface area contributed by atoms with Crippen LogP contribution in [0.1, 0.15) is 23.1 Å². The molecule has 0 unspecified atom stereocenters. The minimum atomic E-state index is -0.737. The predicted molar refractivity (Wildman–Crippen MR) is 63.7 cm³/mol.